The molecule has 1 amide bonds. The molecule has 0 spiro atoms. The van der Waals surface area contributed by atoms with E-state index in [1.807, 2.05) is 49.9 Å². The van der Waals surface area contributed by atoms with Crippen LogP contribution in [0.1, 0.15) is 25.8 Å². The fraction of sp³-hybridized carbons (Fsp3) is 0.529. The molecule has 1 N–H and O–H groups in total. The third kappa shape index (κ3) is 4.33. The maximum absolute atomic E-state index is 12.4. The van der Waals surface area contributed by atoms with Gasteiger partial charge in [-0.1, -0.05) is 22.8 Å². The lowest BCUT2D eigenvalue weighted by atomic mass is 10.2. The number of carbonyl (C=O) groups is 1. The molecule has 0 bridgehead atoms. The summed E-state index contributed by atoms with van der Waals surface area (Å²) >= 11 is 0. The zero-order valence-electron chi connectivity index (χ0n) is 14.8. The number of hydrogen-bond acceptors (Lipinski definition) is 6. The summed E-state index contributed by atoms with van der Waals surface area (Å²) in [7, 11) is 0. The predicted octanol–water partition coefficient (Wildman–Crippen LogP) is 1.41. The number of aryl methyl sites for hydroxylation is 1. The Bertz CT molecular complexity index is 704. The SMILES string of the molecule is Cc1ccc(-n2nnnc2NCCC(=O)N2C[C@H](C)O[C@@H](C)C2)cc1. The van der Waals surface area contributed by atoms with Crippen LogP contribution in [-0.4, -0.2) is 62.9 Å². The van der Waals surface area contributed by atoms with Gasteiger partial charge >= 0.3 is 0 Å². The van der Waals surface area contributed by atoms with Crippen molar-refractivity contribution in [1.82, 2.24) is 25.1 Å². The number of hydrogen-bond donors (Lipinski definition) is 1. The van der Waals surface area contributed by atoms with E-state index in [0.717, 1.165) is 5.69 Å². The standard InChI is InChI=1S/C17H24N6O2/c1-12-4-6-15(7-5-12)23-17(19-20-21-23)18-9-8-16(24)22-10-13(2)25-14(3)11-22/h4-7,13-14H,8-11H2,1-3H3,(H,18,19,21)/t13-,14-/m0/s1. The van der Waals surface area contributed by atoms with Crippen molar-refractivity contribution in [3.05, 3.63) is 29.8 Å². The third-order valence-electron chi connectivity index (χ3n) is 4.14. The molecule has 8 nitrogen and oxygen atoms in total. The highest BCUT2D eigenvalue weighted by atomic mass is 16.5. The van der Waals surface area contributed by atoms with Gasteiger partial charge in [0, 0.05) is 26.1 Å². The minimum absolute atomic E-state index is 0.0782. The van der Waals surface area contributed by atoms with Crippen LogP contribution in [0.2, 0.25) is 0 Å². The first kappa shape index (κ1) is 17.3. The number of anilines is 1. The molecule has 2 heterocycles. The van der Waals surface area contributed by atoms with Crippen molar-refractivity contribution in [3.8, 4) is 5.69 Å². The third-order valence-corrected chi connectivity index (χ3v) is 4.14. The van der Waals surface area contributed by atoms with Gasteiger partial charge < -0.3 is 15.0 Å². The highest BCUT2D eigenvalue weighted by molar-refractivity contribution is 5.76. The van der Waals surface area contributed by atoms with Crippen molar-refractivity contribution >= 4 is 11.9 Å². The molecule has 25 heavy (non-hydrogen) atoms. The van der Waals surface area contributed by atoms with Crippen LogP contribution < -0.4 is 5.32 Å². The molecule has 1 aliphatic rings. The van der Waals surface area contributed by atoms with Crippen molar-refractivity contribution in [1.29, 1.82) is 0 Å². The number of nitrogens with zero attached hydrogens (tertiary/aromatic N) is 5. The summed E-state index contributed by atoms with van der Waals surface area (Å²) in [5, 5.41) is 14.9. The lowest BCUT2D eigenvalue weighted by Crippen LogP contribution is -2.48. The summed E-state index contributed by atoms with van der Waals surface area (Å²) < 4.78 is 7.29. The molecular formula is C17H24N6O2. The Labute approximate surface area is 147 Å². The van der Waals surface area contributed by atoms with Crippen LogP contribution in [0.5, 0.6) is 0 Å². The highest BCUT2D eigenvalue weighted by Gasteiger charge is 2.25. The molecule has 1 saturated heterocycles. The zero-order chi connectivity index (χ0) is 17.8. The van der Waals surface area contributed by atoms with E-state index in [4.69, 9.17) is 4.74 Å². The molecule has 3 rings (SSSR count). The molecule has 0 unspecified atom stereocenters. The second-order valence-corrected chi connectivity index (χ2v) is 6.48. The first-order valence-electron chi connectivity index (χ1n) is 8.55. The Morgan fingerprint density at radius 1 is 1.24 bits per heavy atom. The van der Waals surface area contributed by atoms with Crippen molar-refractivity contribution in [2.75, 3.05) is 25.0 Å². The first-order valence-corrected chi connectivity index (χ1v) is 8.55. The number of benzene rings is 1. The summed E-state index contributed by atoms with van der Waals surface area (Å²) in [5.74, 6) is 0.643. The van der Waals surface area contributed by atoms with Gasteiger partial charge in [0.2, 0.25) is 11.9 Å². The zero-order valence-corrected chi connectivity index (χ0v) is 14.8. The van der Waals surface area contributed by atoms with E-state index in [9.17, 15) is 4.79 Å². The molecule has 1 aromatic heterocycles. The molecule has 0 saturated carbocycles. The van der Waals surface area contributed by atoms with E-state index in [1.165, 1.54) is 5.56 Å². The van der Waals surface area contributed by atoms with Gasteiger partial charge in [-0.3, -0.25) is 4.79 Å². The highest BCUT2D eigenvalue weighted by Crippen LogP contribution is 2.14. The monoisotopic (exact) mass is 344 g/mol. The molecule has 0 radical (unpaired) electrons. The second-order valence-electron chi connectivity index (χ2n) is 6.48. The number of morpholine rings is 1. The van der Waals surface area contributed by atoms with E-state index in [0.29, 0.717) is 32.0 Å². The normalized spacial score (nSPS) is 20.5. The summed E-state index contributed by atoms with van der Waals surface area (Å²) in [6.07, 6.45) is 0.546. The van der Waals surface area contributed by atoms with Gasteiger partial charge in [0.1, 0.15) is 0 Å². The largest absolute Gasteiger partial charge is 0.372 e. The van der Waals surface area contributed by atoms with E-state index in [2.05, 4.69) is 20.8 Å². The van der Waals surface area contributed by atoms with Gasteiger partial charge in [-0.15, -0.1) is 0 Å². The van der Waals surface area contributed by atoms with Crippen LogP contribution >= 0.6 is 0 Å². The Morgan fingerprint density at radius 2 is 1.92 bits per heavy atom. The number of tetrazole rings is 1. The maximum atomic E-state index is 12.4. The van der Waals surface area contributed by atoms with Crippen LogP contribution in [0.3, 0.4) is 0 Å². The lowest BCUT2D eigenvalue weighted by Gasteiger charge is -2.35. The molecule has 8 heteroatoms. The van der Waals surface area contributed by atoms with E-state index in [-0.39, 0.29) is 18.1 Å². The fourth-order valence-electron chi connectivity index (χ4n) is 2.98. The van der Waals surface area contributed by atoms with E-state index >= 15 is 0 Å². The number of nitrogens with one attached hydrogen (secondary N) is 1. The number of ether oxygens (including phenoxy) is 1. The summed E-state index contributed by atoms with van der Waals surface area (Å²) in [6.45, 7) is 7.77. The smallest absolute Gasteiger partial charge is 0.247 e. The molecule has 1 fully saturated rings. The molecular weight excluding hydrogens is 320 g/mol. The van der Waals surface area contributed by atoms with Gasteiger partial charge in [0.05, 0.1) is 17.9 Å². The molecule has 2 atom stereocenters. The topological polar surface area (TPSA) is 85.2 Å². The number of carbonyl (C=O) groups excluding carboxylic acids is 1. The fourth-order valence-corrected chi connectivity index (χ4v) is 2.98. The van der Waals surface area contributed by atoms with Gasteiger partial charge in [0.25, 0.3) is 0 Å². The average molecular weight is 344 g/mol. The van der Waals surface area contributed by atoms with Crippen molar-refractivity contribution in [2.24, 2.45) is 0 Å². The predicted molar refractivity (Wildman–Crippen MR) is 93.6 cm³/mol. The van der Waals surface area contributed by atoms with Gasteiger partial charge in [-0.05, 0) is 43.3 Å². The van der Waals surface area contributed by atoms with Gasteiger partial charge in [0.15, 0.2) is 0 Å². The molecule has 0 aliphatic carbocycles. The summed E-state index contributed by atoms with van der Waals surface area (Å²) in [6, 6.07) is 7.92. The summed E-state index contributed by atoms with van der Waals surface area (Å²) in [5.41, 5.74) is 2.05. The molecule has 1 aliphatic heterocycles. The van der Waals surface area contributed by atoms with Gasteiger partial charge in [-0.2, -0.15) is 4.68 Å². The van der Waals surface area contributed by atoms with Crippen molar-refractivity contribution in [2.45, 2.75) is 39.4 Å². The molecule has 1 aromatic carbocycles. The lowest BCUT2D eigenvalue weighted by molar-refractivity contribution is -0.142. The van der Waals surface area contributed by atoms with Crippen LogP contribution in [0, 0.1) is 6.92 Å². The van der Waals surface area contributed by atoms with Crippen LogP contribution in [-0.2, 0) is 9.53 Å². The second kappa shape index (κ2) is 7.60. The Kier molecular flexibility index (Phi) is 5.28. The molecule has 2 aromatic rings. The number of aromatic nitrogens is 4. The average Bonchev–Trinajstić information content (AvgIpc) is 3.03. The van der Waals surface area contributed by atoms with Crippen molar-refractivity contribution in [3.63, 3.8) is 0 Å². The molecule has 134 valence electrons. The van der Waals surface area contributed by atoms with E-state index in [1.54, 1.807) is 4.68 Å². The Hall–Kier alpha value is -2.48. The first-order chi connectivity index (χ1) is 12.0. The van der Waals surface area contributed by atoms with Crippen molar-refractivity contribution < 1.29 is 9.53 Å². The minimum atomic E-state index is 0.0782. The van der Waals surface area contributed by atoms with Crippen LogP contribution in [0.4, 0.5) is 5.95 Å². The Morgan fingerprint density at radius 3 is 2.60 bits per heavy atom. The maximum Gasteiger partial charge on any atom is 0.247 e. The minimum Gasteiger partial charge on any atom is -0.372 e. The quantitative estimate of drug-likeness (QED) is 0.883. The number of amides is 1. The Balaban J connectivity index is 1.55. The van der Waals surface area contributed by atoms with Gasteiger partial charge in [-0.25, -0.2) is 0 Å². The van der Waals surface area contributed by atoms with Crippen LogP contribution in [0.15, 0.2) is 24.3 Å². The number of rotatable bonds is 5. The van der Waals surface area contributed by atoms with E-state index < -0.39 is 0 Å². The van der Waals surface area contributed by atoms with Crippen LogP contribution in [0.25, 0.3) is 5.69 Å². The summed E-state index contributed by atoms with van der Waals surface area (Å²) in [4.78, 5) is 14.2.